The third kappa shape index (κ3) is 3.04. The van der Waals surface area contributed by atoms with Crippen LogP contribution in [0, 0.1) is 0 Å². The molecule has 2 aliphatic rings. The zero-order chi connectivity index (χ0) is 17.4. The molecular weight excluding hydrogens is 320 g/mol. The number of furan rings is 1. The summed E-state index contributed by atoms with van der Waals surface area (Å²) in [6, 6.07) is 5.21. The minimum atomic E-state index is -0.442. The maximum atomic E-state index is 12.5. The molecule has 2 aliphatic carbocycles. The molecule has 0 spiro atoms. The minimum absolute atomic E-state index is 0.0236. The maximum Gasteiger partial charge on any atom is 0.261 e. The van der Waals surface area contributed by atoms with Gasteiger partial charge in [-0.05, 0) is 37.5 Å². The quantitative estimate of drug-likeness (QED) is 0.898. The van der Waals surface area contributed by atoms with E-state index in [2.05, 4.69) is 10.3 Å². The van der Waals surface area contributed by atoms with E-state index in [4.69, 9.17) is 4.42 Å². The summed E-state index contributed by atoms with van der Waals surface area (Å²) in [5.41, 5.74) is 0.608. The van der Waals surface area contributed by atoms with Crippen molar-refractivity contribution in [3.8, 4) is 0 Å². The topological polar surface area (TPSA) is 92.2 Å². The number of ketones is 1. The van der Waals surface area contributed by atoms with E-state index in [0.29, 0.717) is 24.1 Å². The van der Waals surface area contributed by atoms with Gasteiger partial charge in [-0.3, -0.25) is 14.4 Å². The van der Waals surface area contributed by atoms with E-state index < -0.39 is 11.5 Å². The standard InChI is InChI=1S/C19H20N2O4/c22-16-9-11(17-6-3-7-25-17)8-15-13(16)10-14(19(24)21-15)18(23)20-12-4-1-2-5-12/h3,6-7,10-12H,1-2,4-5,8-9H2,(H,20,23)(H,21,24)/t11-/m0/s1. The highest BCUT2D eigenvalue weighted by Crippen LogP contribution is 2.31. The molecule has 2 N–H and O–H groups in total. The van der Waals surface area contributed by atoms with Crippen molar-refractivity contribution in [3.63, 3.8) is 0 Å². The summed E-state index contributed by atoms with van der Waals surface area (Å²) in [7, 11) is 0. The number of aromatic nitrogens is 1. The van der Waals surface area contributed by atoms with Crippen LogP contribution in [0.2, 0.25) is 0 Å². The number of carbonyl (C=O) groups excluding carboxylic acids is 2. The van der Waals surface area contributed by atoms with Crippen molar-refractivity contribution in [3.05, 3.63) is 57.4 Å². The van der Waals surface area contributed by atoms with E-state index in [1.807, 2.05) is 6.07 Å². The van der Waals surface area contributed by atoms with E-state index in [1.165, 1.54) is 6.07 Å². The lowest BCUT2D eigenvalue weighted by Gasteiger charge is -2.22. The molecule has 0 aliphatic heterocycles. The van der Waals surface area contributed by atoms with Gasteiger partial charge in [-0.1, -0.05) is 12.8 Å². The zero-order valence-corrected chi connectivity index (χ0v) is 13.8. The fourth-order valence-electron chi connectivity index (χ4n) is 3.86. The van der Waals surface area contributed by atoms with E-state index in [1.54, 1.807) is 12.3 Å². The second kappa shape index (κ2) is 6.35. The highest BCUT2D eigenvalue weighted by molar-refractivity contribution is 6.02. The van der Waals surface area contributed by atoms with Crippen LogP contribution in [0.1, 0.15) is 70.2 Å². The third-order valence-electron chi connectivity index (χ3n) is 5.19. The number of fused-ring (bicyclic) bond motifs is 1. The molecule has 0 radical (unpaired) electrons. The molecule has 2 aromatic rings. The Morgan fingerprint density at radius 1 is 1.20 bits per heavy atom. The highest BCUT2D eigenvalue weighted by atomic mass is 16.3. The van der Waals surface area contributed by atoms with Gasteiger partial charge in [0, 0.05) is 29.6 Å². The Kier molecular flexibility index (Phi) is 4.03. The smallest absolute Gasteiger partial charge is 0.261 e. The Balaban J connectivity index is 1.61. The Bertz CT molecular complexity index is 860. The van der Waals surface area contributed by atoms with E-state index in [0.717, 1.165) is 31.4 Å². The van der Waals surface area contributed by atoms with Crippen LogP contribution in [0.25, 0.3) is 0 Å². The molecule has 0 saturated heterocycles. The van der Waals surface area contributed by atoms with Crippen molar-refractivity contribution >= 4 is 11.7 Å². The van der Waals surface area contributed by atoms with Crippen molar-refractivity contribution in [2.24, 2.45) is 0 Å². The Labute approximate surface area is 144 Å². The number of nitrogens with one attached hydrogen (secondary N) is 2. The van der Waals surface area contributed by atoms with Gasteiger partial charge in [-0.15, -0.1) is 0 Å². The van der Waals surface area contributed by atoms with Gasteiger partial charge in [0.2, 0.25) is 0 Å². The molecule has 130 valence electrons. The summed E-state index contributed by atoms with van der Waals surface area (Å²) in [5.74, 6) is 0.192. The van der Waals surface area contributed by atoms with Gasteiger partial charge in [0.1, 0.15) is 11.3 Å². The number of rotatable bonds is 3. The van der Waals surface area contributed by atoms with Crippen LogP contribution in [-0.2, 0) is 6.42 Å². The third-order valence-corrected chi connectivity index (χ3v) is 5.19. The number of H-pyrrole nitrogens is 1. The number of hydrogen-bond acceptors (Lipinski definition) is 4. The first kappa shape index (κ1) is 15.9. The summed E-state index contributed by atoms with van der Waals surface area (Å²) in [6.07, 6.45) is 6.49. The molecule has 2 heterocycles. The van der Waals surface area contributed by atoms with E-state index >= 15 is 0 Å². The van der Waals surface area contributed by atoms with Crippen LogP contribution >= 0.6 is 0 Å². The van der Waals surface area contributed by atoms with Crippen LogP contribution in [-0.4, -0.2) is 22.7 Å². The van der Waals surface area contributed by atoms with Crippen molar-refractivity contribution in [1.29, 1.82) is 0 Å². The van der Waals surface area contributed by atoms with Crippen molar-refractivity contribution in [2.45, 2.75) is 50.5 Å². The molecule has 0 aromatic carbocycles. The molecule has 0 bridgehead atoms. The molecule has 0 unspecified atom stereocenters. The summed E-state index contributed by atoms with van der Waals surface area (Å²) in [5, 5.41) is 2.90. The summed E-state index contributed by atoms with van der Waals surface area (Å²) in [6.45, 7) is 0. The van der Waals surface area contributed by atoms with Crippen LogP contribution in [0.4, 0.5) is 0 Å². The second-order valence-corrected chi connectivity index (χ2v) is 6.90. The molecule has 1 saturated carbocycles. The molecule has 6 nitrogen and oxygen atoms in total. The highest BCUT2D eigenvalue weighted by Gasteiger charge is 2.30. The predicted molar refractivity (Wildman–Crippen MR) is 90.9 cm³/mol. The molecule has 1 fully saturated rings. The molecular formula is C19H20N2O4. The monoisotopic (exact) mass is 340 g/mol. The fraction of sp³-hybridized carbons (Fsp3) is 0.421. The van der Waals surface area contributed by atoms with Gasteiger partial charge in [-0.25, -0.2) is 0 Å². The number of amides is 1. The summed E-state index contributed by atoms with van der Waals surface area (Å²) >= 11 is 0. The number of pyridine rings is 1. The second-order valence-electron chi connectivity index (χ2n) is 6.90. The van der Waals surface area contributed by atoms with Gasteiger partial charge in [0.05, 0.1) is 6.26 Å². The van der Waals surface area contributed by atoms with Crippen LogP contribution in [0.15, 0.2) is 33.7 Å². The van der Waals surface area contributed by atoms with Crippen LogP contribution in [0.3, 0.4) is 0 Å². The molecule has 4 rings (SSSR count). The van der Waals surface area contributed by atoms with Crippen LogP contribution < -0.4 is 10.9 Å². The molecule has 1 atom stereocenters. The first-order valence-electron chi connectivity index (χ1n) is 8.75. The first-order valence-corrected chi connectivity index (χ1v) is 8.75. The lowest BCUT2D eigenvalue weighted by Crippen LogP contribution is -2.37. The van der Waals surface area contributed by atoms with E-state index in [-0.39, 0.29) is 23.3 Å². The summed E-state index contributed by atoms with van der Waals surface area (Å²) < 4.78 is 5.39. The molecule has 6 heteroatoms. The maximum absolute atomic E-state index is 12.5. The normalized spacial score (nSPS) is 20.5. The number of Topliss-reactive ketones (excluding diaryl/α,β-unsaturated/α-hetero) is 1. The largest absolute Gasteiger partial charge is 0.469 e. The molecule has 2 aromatic heterocycles. The fourth-order valence-corrected chi connectivity index (χ4v) is 3.86. The number of carbonyl (C=O) groups is 2. The van der Waals surface area contributed by atoms with Gasteiger partial charge in [-0.2, -0.15) is 0 Å². The SMILES string of the molecule is O=C1C[C@@H](c2ccco2)Cc2[nH]c(=O)c(C(=O)NC3CCCC3)cc21. The van der Waals surface area contributed by atoms with Crippen molar-refractivity contribution in [1.82, 2.24) is 10.3 Å². The number of hydrogen-bond donors (Lipinski definition) is 2. The Morgan fingerprint density at radius 2 is 2.00 bits per heavy atom. The van der Waals surface area contributed by atoms with Crippen molar-refractivity contribution < 1.29 is 14.0 Å². The molecule has 1 amide bonds. The van der Waals surface area contributed by atoms with Gasteiger partial charge >= 0.3 is 0 Å². The lowest BCUT2D eigenvalue weighted by atomic mass is 9.84. The Hall–Kier alpha value is -2.63. The predicted octanol–water partition coefficient (Wildman–Crippen LogP) is 2.55. The molecule has 25 heavy (non-hydrogen) atoms. The first-order chi connectivity index (χ1) is 12.1. The van der Waals surface area contributed by atoms with Crippen LogP contribution in [0.5, 0.6) is 0 Å². The van der Waals surface area contributed by atoms with Crippen molar-refractivity contribution in [2.75, 3.05) is 0 Å². The lowest BCUT2D eigenvalue weighted by molar-refractivity contribution is 0.0936. The summed E-state index contributed by atoms with van der Waals surface area (Å²) in [4.78, 5) is 40.0. The average molecular weight is 340 g/mol. The van der Waals surface area contributed by atoms with Gasteiger partial charge in [0.15, 0.2) is 5.78 Å². The van der Waals surface area contributed by atoms with Gasteiger partial charge in [0.25, 0.3) is 11.5 Å². The Morgan fingerprint density at radius 3 is 2.72 bits per heavy atom. The minimum Gasteiger partial charge on any atom is -0.469 e. The van der Waals surface area contributed by atoms with E-state index in [9.17, 15) is 14.4 Å². The number of aromatic amines is 1. The van der Waals surface area contributed by atoms with Gasteiger partial charge < -0.3 is 14.7 Å². The average Bonchev–Trinajstić information content (AvgIpc) is 3.27. The zero-order valence-electron chi connectivity index (χ0n) is 13.8.